The third-order valence-corrected chi connectivity index (χ3v) is 4.04. The Kier molecular flexibility index (Phi) is 5.89. The summed E-state index contributed by atoms with van der Waals surface area (Å²) in [5.74, 6) is 0. The van der Waals surface area contributed by atoms with Crippen molar-refractivity contribution in [2.75, 3.05) is 20.6 Å². The Hall–Kier alpha value is -1.73. The van der Waals surface area contributed by atoms with Crippen LogP contribution in [0.2, 0.25) is 0 Å². The number of thiazole rings is 1. The number of hydrogen-bond donors (Lipinski definition) is 1. The Morgan fingerprint density at radius 2 is 2.24 bits per heavy atom. The molecule has 0 unspecified atom stereocenters. The molecule has 0 atom stereocenters. The first-order valence-electron chi connectivity index (χ1n) is 6.99. The molecule has 6 nitrogen and oxygen atoms in total. The molecule has 0 bridgehead atoms. The van der Waals surface area contributed by atoms with Crippen molar-refractivity contribution in [3.63, 3.8) is 0 Å². The average molecular weight is 307 g/mol. The van der Waals surface area contributed by atoms with Crippen molar-refractivity contribution in [3.05, 3.63) is 29.0 Å². The molecule has 0 spiro atoms. The minimum atomic E-state index is 0.514. The Bertz CT molecular complexity index is 563. The van der Waals surface area contributed by atoms with Gasteiger partial charge in [0.05, 0.1) is 12.7 Å². The average Bonchev–Trinajstić information content (AvgIpc) is 3.10. The molecule has 2 heterocycles. The third kappa shape index (κ3) is 4.95. The van der Waals surface area contributed by atoms with Gasteiger partial charge in [0.2, 0.25) is 11.5 Å². The fraction of sp³-hybridized carbons (Fsp3) is 0.500. The van der Waals surface area contributed by atoms with E-state index in [4.69, 9.17) is 0 Å². The Labute approximate surface area is 128 Å². The highest BCUT2D eigenvalue weighted by Gasteiger charge is 2.06. The van der Waals surface area contributed by atoms with Gasteiger partial charge in [-0.05, 0) is 45.5 Å². The number of rotatable bonds is 9. The summed E-state index contributed by atoms with van der Waals surface area (Å²) in [5, 5.41) is 7.82. The van der Waals surface area contributed by atoms with Crippen LogP contribution >= 0.6 is 11.3 Å². The highest BCUT2D eigenvalue weighted by Crippen LogP contribution is 2.17. The second-order valence-corrected chi connectivity index (χ2v) is 6.26. The first-order chi connectivity index (χ1) is 10.2. The monoisotopic (exact) mass is 307 g/mol. The molecular weight excluding hydrogens is 286 g/mol. The molecule has 0 aliphatic heterocycles. The second kappa shape index (κ2) is 7.90. The van der Waals surface area contributed by atoms with Gasteiger partial charge in [-0.25, -0.2) is 9.67 Å². The summed E-state index contributed by atoms with van der Waals surface area (Å²) in [7, 11) is 4.19. The van der Waals surface area contributed by atoms with Crippen molar-refractivity contribution in [1.82, 2.24) is 25.0 Å². The number of nitrogens with one attached hydrogen (secondary N) is 1. The lowest BCUT2D eigenvalue weighted by molar-refractivity contribution is -0.109. The lowest BCUT2D eigenvalue weighted by atomic mass is 10.1. The number of carbonyl (C=O) groups is 1. The van der Waals surface area contributed by atoms with Gasteiger partial charge in [0.15, 0.2) is 0 Å². The molecule has 0 aliphatic rings. The van der Waals surface area contributed by atoms with Crippen LogP contribution < -0.4 is 5.32 Å². The summed E-state index contributed by atoms with van der Waals surface area (Å²) in [4.78, 5) is 17.8. The van der Waals surface area contributed by atoms with Crippen LogP contribution in [-0.2, 0) is 17.8 Å². The van der Waals surface area contributed by atoms with E-state index in [9.17, 15) is 4.79 Å². The zero-order valence-corrected chi connectivity index (χ0v) is 13.3. The highest BCUT2D eigenvalue weighted by atomic mass is 32.1. The number of carbonyl (C=O) groups excluding carboxylic acids is 1. The molecule has 2 aromatic heterocycles. The zero-order valence-electron chi connectivity index (χ0n) is 12.5. The van der Waals surface area contributed by atoms with Crippen molar-refractivity contribution < 1.29 is 4.79 Å². The number of hydrogen-bond acceptors (Lipinski definition) is 5. The predicted molar refractivity (Wildman–Crippen MR) is 83.6 cm³/mol. The van der Waals surface area contributed by atoms with Gasteiger partial charge in [-0.3, -0.25) is 4.79 Å². The van der Waals surface area contributed by atoms with Crippen LogP contribution in [0.3, 0.4) is 0 Å². The highest BCUT2D eigenvalue weighted by molar-refractivity contribution is 7.14. The van der Waals surface area contributed by atoms with Gasteiger partial charge >= 0.3 is 0 Å². The van der Waals surface area contributed by atoms with E-state index in [-0.39, 0.29) is 0 Å². The number of nitrogens with zero attached hydrogens (tertiary/aromatic N) is 4. The quantitative estimate of drug-likeness (QED) is 0.563. The van der Waals surface area contributed by atoms with Crippen LogP contribution in [-0.4, -0.2) is 46.7 Å². The second-order valence-electron chi connectivity index (χ2n) is 5.16. The maximum absolute atomic E-state index is 10.3. The molecule has 7 heteroatoms. The first-order valence-corrected chi connectivity index (χ1v) is 7.81. The molecule has 0 saturated heterocycles. The summed E-state index contributed by atoms with van der Waals surface area (Å²) in [6, 6.07) is 0. The molecular formula is C14H21N5OS. The minimum Gasteiger partial charge on any atom is -0.354 e. The van der Waals surface area contributed by atoms with Crippen molar-refractivity contribution >= 4 is 17.7 Å². The number of aromatic nitrogens is 3. The lowest BCUT2D eigenvalue weighted by Gasteiger charge is -2.07. The first kappa shape index (κ1) is 15.7. The van der Waals surface area contributed by atoms with E-state index in [1.807, 2.05) is 12.4 Å². The number of amides is 1. The van der Waals surface area contributed by atoms with E-state index in [1.54, 1.807) is 10.9 Å². The lowest BCUT2D eigenvalue weighted by Crippen LogP contribution is -2.12. The predicted octanol–water partition coefficient (Wildman–Crippen LogP) is 1.46. The normalized spacial score (nSPS) is 11.0. The molecule has 0 aromatic carbocycles. The molecule has 0 radical (unpaired) electrons. The van der Waals surface area contributed by atoms with Gasteiger partial charge in [0.25, 0.3) is 0 Å². The summed E-state index contributed by atoms with van der Waals surface area (Å²) in [5.41, 5.74) is 1.23. The van der Waals surface area contributed by atoms with Crippen LogP contribution in [0, 0.1) is 0 Å². The summed E-state index contributed by atoms with van der Waals surface area (Å²) in [6.45, 7) is 1.63. The topological polar surface area (TPSA) is 63.1 Å². The molecule has 1 amide bonds. The Morgan fingerprint density at radius 1 is 1.38 bits per heavy atom. The molecule has 2 rings (SSSR count). The largest absolute Gasteiger partial charge is 0.354 e. The van der Waals surface area contributed by atoms with E-state index in [0.29, 0.717) is 13.0 Å². The van der Waals surface area contributed by atoms with Crippen LogP contribution in [0.1, 0.15) is 23.3 Å². The fourth-order valence-electron chi connectivity index (χ4n) is 1.98. The van der Waals surface area contributed by atoms with Crippen LogP contribution in [0.5, 0.6) is 0 Å². The molecule has 0 aliphatic carbocycles. The molecule has 21 heavy (non-hydrogen) atoms. The van der Waals surface area contributed by atoms with Crippen molar-refractivity contribution in [2.24, 2.45) is 0 Å². The van der Waals surface area contributed by atoms with Crippen LogP contribution in [0.4, 0.5) is 0 Å². The van der Waals surface area contributed by atoms with Gasteiger partial charge in [0, 0.05) is 17.3 Å². The maximum atomic E-state index is 10.3. The van der Waals surface area contributed by atoms with Gasteiger partial charge in [-0.1, -0.05) is 11.3 Å². The van der Waals surface area contributed by atoms with E-state index in [2.05, 4.69) is 34.4 Å². The van der Waals surface area contributed by atoms with Crippen molar-refractivity contribution in [3.8, 4) is 5.13 Å². The fourth-order valence-corrected chi connectivity index (χ4v) is 2.77. The van der Waals surface area contributed by atoms with E-state index in [0.717, 1.165) is 29.4 Å². The van der Waals surface area contributed by atoms with E-state index in [1.165, 1.54) is 23.3 Å². The summed E-state index contributed by atoms with van der Waals surface area (Å²) in [6.07, 6.45) is 9.80. The number of aryl methyl sites for hydroxylation is 1. The minimum absolute atomic E-state index is 0.514. The van der Waals surface area contributed by atoms with E-state index < -0.39 is 0 Å². The maximum Gasteiger partial charge on any atom is 0.210 e. The molecule has 1 N–H and O–H groups in total. The van der Waals surface area contributed by atoms with Gasteiger partial charge < -0.3 is 10.2 Å². The third-order valence-electron chi connectivity index (χ3n) is 3.05. The molecule has 0 fully saturated rings. The Morgan fingerprint density at radius 3 is 3.00 bits per heavy atom. The zero-order chi connectivity index (χ0) is 15.1. The molecule has 0 saturated carbocycles. The van der Waals surface area contributed by atoms with Crippen molar-refractivity contribution in [1.29, 1.82) is 0 Å². The molecule has 114 valence electrons. The SMILES string of the molecule is CN(C)CCCCc1cnn(-c2ncc(CNC=O)s2)c1. The van der Waals surface area contributed by atoms with Crippen LogP contribution in [0.15, 0.2) is 18.6 Å². The summed E-state index contributed by atoms with van der Waals surface area (Å²) >= 11 is 1.53. The van der Waals surface area contributed by atoms with Gasteiger partial charge in [0.1, 0.15) is 0 Å². The van der Waals surface area contributed by atoms with Gasteiger partial charge in [-0.2, -0.15) is 5.10 Å². The summed E-state index contributed by atoms with van der Waals surface area (Å²) < 4.78 is 1.80. The molecule has 2 aromatic rings. The van der Waals surface area contributed by atoms with Crippen LogP contribution in [0.25, 0.3) is 5.13 Å². The van der Waals surface area contributed by atoms with Crippen molar-refractivity contribution in [2.45, 2.75) is 25.8 Å². The number of unbranched alkanes of at least 4 members (excludes halogenated alkanes) is 1. The standard InChI is InChI=1S/C14H21N5OS/c1-18(2)6-4-3-5-12-7-17-19(10-12)14-16-9-13(21-14)8-15-11-20/h7,9-11H,3-6,8H2,1-2H3,(H,15,20). The van der Waals surface area contributed by atoms with Gasteiger partial charge in [-0.15, -0.1) is 0 Å². The van der Waals surface area contributed by atoms with E-state index >= 15 is 0 Å². The smallest absolute Gasteiger partial charge is 0.210 e. The Balaban J connectivity index is 1.87.